The van der Waals surface area contributed by atoms with E-state index in [1.165, 1.54) is 0 Å². The number of anilines is 1. The summed E-state index contributed by atoms with van der Waals surface area (Å²) in [5.41, 5.74) is 1.95. The first-order valence-electron chi connectivity index (χ1n) is 6.72. The summed E-state index contributed by atoms with van der Waals surface area (Å²) in [4.78, 5) is 11.6. The number of aliphatic hydroxyl groups excluding tert-OH is 1. The van der Waals surface area contributed by atoms with Gasteiger partial charge in [-0.25, -0.2) is 0 Å². The molecule has 0 heterocycles. The lowest BCUT2D eigenvalue weighted by Gasteiger charge is -2.13. The number of benzene rings is 1. The molecule has 19 heavy (non-hydrogen) atoms. The molecule has 4 nitrogen and oxygen atoms in total. The van der Waals surface area contributed by atoms with E-state index in [2.05, 4.69) is 24.5 Å². The summed E-state index contributed by atoms with van der Waals surface area (Å²) in [5, 5.41) is 15.4. The van der Waals surface area contributed by atoms with Gasteiger partial charge in [-0.2, -0.15) is 0 Å². The molecule has 106 valence electrons. The van der Waals surface area contributed by atoms with Crippen LogP contribution in [0.3, 0.4) is 0 Å². The molecule has 1 aromatic carbocycles. The van der Waals surface area contributed by atoms with Crippen LogP contribution in [0, 0.1) is 12.8 Å². The highest BCUT2D eigenvalue weighted by molar-refractivity contribution is 5.92. The number of hydrogen-bond acceptors (Lipinski definition) is 3. The van der Waals surface area contributed by atoms with Gasteiger partial charge >= 0.3 is 0 Å². The Morgan fingerprint density at radius 1 is 1.26 bits per heavy atom. The van der Waals surface area contributed by atoms with Crippen LogP contribution in [-0.4, -0.2) is 30.2 Å². The molecular weight excluding hydrogens is 240 g/mol. The predicted molar refractivity (Wildman–Crippen MR) is 78.1 cm³/mol. The van der Waals surface area contributed by atoms with Crippen LogP contribution in [0.1, 0.15) is 25.8 Å². The quantitative estimate of drug-likeness (QED) is 0.705. The minimum absolute atomic E-state index is 0.0967. The van der Waals surface area contributed by atoms with Crippen LogP contribution >= 0.6 is 0 Å². The van der Waals surface area contributed by atoms with Crippen LogP contribution in [0.2, 0.25) is 0 Å². The van der Waals surface area contributed by atoms with Gasteiger partial charge in [-0.05, 0) is 31.4 Å². The topological polar surface area (TPSA) is 61.4 Å². The first kappa shape index (κ1) is 15.7. The molecule has 0 aliphatic heterocycles. The lowest BCUT2D eigenvalue weighted by atomic mass is 10.1. The third kappa shape index (κ3) is 6.94. The molecule has 0 aromatic heterocycles. The largest absolute Gasteiger partial charge is 0.392 e. The molecule has 0 saturated carbocycles. The van der Waals surface area contributed by atoms with Gasteiger partial charge in [0.15, 0.2) is 0 Å². The fraction of sp³-hybridized carbons (Fsp3) is 0.533. The van der Waals surface area contributed by atoms with Crippen LogP contribution in [0.25, 0.3) is 0 Å². The molecule has 0 radical (unpaired) electrons. The molecule has 4 heteroatoms. The SMILES string of the molecule is Cc1ccc(NC(=O)CNCC(O)CC(C)C)cc1. The first-order valence-corrected chi connectivity index (χ1v) is 6.72. The Morgan fingerprint density at radius 2 is 1.89 bits per heavy atom. The zero-order valence-corrected chi connectivity index (χ0v) is 11.9. The van der Waals surface area contributed by atoms with Gasteiger partial charge in [-0.1, -0.05) is 31.5 Å². The number of rotatable bonds is 7. The van der Waals surface area contributed by atoms with Crippen molar-refractivity contribution < 1.29 is 9.90 Å². The van der Waals surface area contributed by atoms with Crippen molar-refractivity contribution in [2.75, 3.05) is 18.4 Å². The lowest BCUT2D eigenvalue weighted by Crippen LogP contribution is -2.34. The number of aryl methyl sites for hydroxylation is 1. The molecule has 0 spiro atoms. The number of carbonyl (C=O) groups is 1. The van der Waals surface area contributed by atoms with Crippen LogP contribution in [-0.2, 0) is 4.79 Å². The zero-order valence-electron chi connectivity index (χ0n) is 11.9. The molecule has 0 bridgehead atoms. The first-order chi connectivity index (χ1) is 8.97. The van der Waals surface area contributed by atoms with Crippen molar-refractivity contribution in [2.45, 2.75) is 33.3 Å². The van der Waals surface area contributed by atoms with Gasteiger partial charge in [0.1, 0.15) is 0 Å². The normalized spacial score (nSPS) is 12.5. The smallest absolute Gasteiger partial charge is 0.238 e. The third-order valence-corrected chi connectivity index (χ3v) is 2.74. The number of carbonyl (C=O) groups excluding carboxylic acids is 1. The number of aliphatic hydroxyl groups is 1. The summed E-state index contributed by atoms with van der Waals surface area (Å²) in [6.45, 7) is 6.78. The maximum absolute atomic E-state index is 11.6. The van der Waals surface area contributed by atoms with E-state index in [-0.39, 0.29) is 12.5 Å². The summed E-state index contributed by atoms with van der Waals surface area (Å²) in [7, 11) is 0. The van der Waals surface area contributed by atoms with Crippen molar-refractivity contribution >= 4 is 11.6 Å². The van der Waals surface area contributed by atoms with Crippen molar-refractivity contribution in [3.8, 4) is 0 Å². The highest BCUT2D eigenvalue weighted by Crippen LogP contribution is 2.08. The lowest BCUT2D eigenvalue weighted by molar-refractivity contribution is -0.115. The summed E-state index contributed by atoms with van der Waals surface area (Å²) in [5.74, 6) is 0.360. The Morgan fingerprint density at radius 3 is 2.47 bits per heavy atom. The van der Waals surface area contributed by atoms with E-state index in [1.807, 2.05) is 31.2 Å². The van der Waals surface area contributed by atoms with E-state index in [0.717, 1.165) is 17.7 Å². The molecule has 1 atom stereocenters. The average molecular weight is 264 g/mol. The second-order valence-electron chi connectivity index (χ2n) is 5.33. The van der Waals surface area contributed by atoms with Gasteiger partial charge in [0.2, 0.25) is 5.91 Å². The van der Waals surface area contributed by atoms with Crippen molar-refractivity contribution in [1.29, 1.82) is 0 Å². The minimum atomic E-state index is -0.396. The number of nitrogens with one attached hydrogen (secondary N) is 2. The number of hydrogen-bond donors (Lipinski definition) is 3. The fourth-order valence-corrected chi connectivity index (χ4v) is 1.82. The summed E-state index contributed by atoms with van der Waals surface area (Å²) in [6, 6.07) is 7.66. The molecular formula is C15H24N2O2. The molecule has 1 rings (SSSR count). The molecule has 1 amide bonds. The standard InChI is InChI=1S/C15H24N2O2/c1-11(2)8-14(18)9-16-10-15(19)17-13-6-4-12(3)5-7-13/h4-7,11,14,16,18H,8-10H2,1-3H3,(H,17,19). The van der Waals surface area contributed by atoms with Crippen LogP contribution in [0.5, 0.6) is 0 Å². The van der Waals surface area contributed by atoms with E-state index in [1.54, 1.807) is 0 Å². The zero-order chi connectivity index (χ0) is 14.3. The molecule has 3 N–H and O–H groups in total. The van der Waals surface area contributed by atoms with Crippen molar-refractivity contribution in [3.63, 3.8) is 0 Å². The third-order valence-electron chi connectivity index (χ3n) is 2.74. The second-order valence-corrected chi connectivity index (χ2v) is 5.33. The highest BCUT2D eigenvalue weighted by atomic mass is 16.3. The fourth-order valence-electron chi connectivity index (χ4n) is 1.82. The van der Waals surface area contributed by atoms with Crippen molar-refractivity contribution in [3.05, 3.63) is 29.8 Å². The van der Waals surface area contributed by atoms with Crippen LogP contribution in [0.15, 0.2) is 24.3 Å². The van der Waals surface area contributed by atoms with Crippen molar-refractivity contribution in [1.82, 2.24) is 5.32 Å². The number of amides is 1. The van der Waals surface area contributed by atoms with Crippen LogP contribution < -0.4 is 10.6 Å². The Balaban J connectivity index is 2.23. The van der Waals surface area contributed by atoms with Gasteiger partial charge < -0.3 is 15.7 Å². The van der Waals surface area contributed by atoms with E-state index in [9.17, 15) is 9.90 Å². The van der Waals surface area contributed by atoms with E-state index in [0.29, 0.717) is 12.5 Å². The highest BCUT2D eigenvalue weighted by Gasteiger charge is 2.07. The van der Waals surface area contributed by atoms with E-state index in [4.69, 9.17) is 0 Å². The molecule has 0 aliphatic rings. The summed E-state index contributed by atoms with van der Waals surface area (Å²) >= 11 is 0. The predicted octanol–water partition coefficient (Wildman–Crippen LogP) is 1.93. The van der Waals surface area contributed by atoms with E-state index < -0.39 is 6.10 Å². The van der Waals surface area contributed by atoms with Gasteiger partial charge in [-0.3, -0.25) is 4.79 Å². The molecule has 0 fully saturated rings. The average Bonchev–Trinajstić information content (AvgIpc) is 2.31. The van der Waals surface area contributed by atoms with E-state index >= 15 is 0 Å². The summed E-state index contributed by atoms with van der Waals surface area (Å²) < 4.78 is 0. The monoisotopic (exact) mass is 264 g/mol. The van der Waals surface area contributed by atoms with Gasteiger partial charge in [0, 0.05) is 12.2 Å². The van der Waals surface area contributed by atoms with Crippen molar-refractivity contribution in [2.24, 2.45) is 5.92 Å². The Labute approximate surface area is 115 Å². The molecule has 1 aromatic rings. The minimum Gasteiger partial charge on any atom is -0.392 e. The molecule has 1 unspecified atom stereocenters. The maximum Gasteiger partial charge on any atom is 0.238 e. The Bertz CT molecular complexity index is 388. The van der Waals surface area contributed by atoms with Gasteiger partial charge in [0.25, 0.3) is 0 Å². The van der Waals surface area contributed by atoms with Gasteiger partial charge in [-0.15, -0.1) is 0 Å². The van der Waals surface area contributed by atoms with Gasteiger partial charge in [0.05, 0.1) is 12.6 Å². The Kier molecular flexibility index (Phi) is 6.53. The second kappa shape index (κ2) is 7.92. The summed E-state index contributed by atoms with van der Waals surface area (Å²) in [6.07, 6.45) is 0.347. The molecule has 0 aliphatic carbocycles. The molecule has 0 saturated heterocycles. The Hall–Kier alpha value is -1.39. The van der Waals surface area contributed by atoms with Crippen LogP contribution in [0.4, 0.5) is 5.69 Å². The maximum atomic E-state index is 11.6.